The zero-order chi connectivity index (χ0) is 12.5. The Morgan fingerprint density at radius 2 is 2.24 bits per heavy atom. The summed E-state index contributed by atoms with van der Waals surface area (Å²) in [5.74, 6) is 0.473. The van der Waals surface area contributed by atoms with Crippen LogP contribution in [-0.4, -0.2) is 23.8 Å². The van der Waals surface area contributed by atoms with Gasteiger partial charge in [-0.3, -0.25) is 4.79 Å². The highest BCUT2D eigenvalue weighted by atomic mass is 16.6. The molecule has 2 rings (SSSR count). The summed E-state index contributed by atoms with van der Waals surface area (Å²) in [5, 5.41) is 0. The first-order valence-electron chi connectivity index (χ1n) is 6.90. The Morgan fingerprint density at radius 1 is 1.47 bits per heavy atom. The van der Waals surface area contributed by atoms with E-state index in [0.29, 0.717) is 18.9 Å². The van der Waals surface area contributed by atoms with Gasteiger partial charge in [0.05, 0.1) is 12.2 Å². The van der Waals surface area contributed by atoms with E-state index in [0.717, 1.165) is 12.8 Å². The lowest BCUT2D eigenvalue weighted by molar-refractivity contribution is -0.143. The van der Waals surface area contributed by atoms with Crippen LogP contribution in [0.25, 0.3) is 0 Å². The molecule has 0 unspecified atom stereocenters. The summed E-state index contributed by atoms with van der Waals surface area (Å²) in [6.45, 7) is 6.80. The second-order valence-corrected chi connectivity index (χ2v) is 5.67. The quantitative estimate of drug-likeness (QED) is 0.560. The number of ether oxygens (including phenoxy) is 2. The molecule has 0 spiro atoms. The van der Waals surface area contributed by atoms with E-state index in [1.54, 1.807) is 0 Å². The highest BCUT2D eigenvalue weighted by Gasteiger charge is 2.68. The molecule has 1 saturated carbocycles. The Bertz CT molecular complexity index is 302. The average Bonchev–Trinajstić information content (AvgIpc) is 2.90. The second kappa shape index (κ2) is 4.60. The highest BCUT2D eigenvalue weighted by Crippen LogP contribution is 2.60. The monoisotopic (exact) mass is 240 g/mol. The Balaban J connectivity index is 1.96. The molecule has 0 radical (unpaired) electrons. The normalized spacial score (nSPS) is 40.3. The van der Waals surface area contributed by atoms with Crippen LogP contribution in [0.1, 0.15) is 59.3 Å². The number of epoxide rings is 1. The van der Waals surface area contributed by atoms with Gasteiger partial charge in [0.1, 0.15) is 5.60 Å². The largest absolute Gasteiger partial charge is 0.466 e. The molecule has 0 aromatic rings. The molecule has 1 aliphatic heterocycles. The van der Waals surface area contributed by atoms with Crippen molar-refractivity contribution in [1.82, 2.24) is 0 Å². The molecule has 3 nitrogen and oxygen atoms in total. The summed E-state index contributed by atoms with van der Waals surface area (Å²) in [7, 11) is 0. The maximum atomic E-state index is 11.5. The lowest BCUT2D eigenvalue weighted by atomic mass is 9.79. The van der Waals surface area contributed by atoms with Crippen molar-refractivity contribution in [1.29, 1.82) is 0 Å². The van der Waals surface area contributed by atoms with Gasteiger partial charge in [-0.25, -0.2) is 0 Å². The molecule has 2 fully saturated rings. The Kier molecular flexibility index (Phi) is 3.48. The molecular formula is C14H24O3. The number of carbonyl (C=O) groups excluding carboxylic acids is 1. The molecule has 1 saturated heterocycles. The van der Waals surface area contributed by atoms with Crippen LogP contribution in [0.3, 0.4) is 0 Å². The molecule has 3 heteroatoms. The predicted octanol–water partition coefficient (Wildman–Crippen LogP) is 3.07. The van der Waals surface area contributed by atoms with Crippen LogP contribution in [0.2, 0.25) is 0 Å². The SMILES string of the molecule is CCOC(=O)CC[C@]12O[C@@]1(C)CCCC[C@H]2C. The minimum atomic E-state index is -0.0869. The van der Waals surface area contributed by atoms with Crippen molar-refractivity contribution < 1.29 is 14.3 Å². The third-order valence-corrected chi connectivity index (χ3v) is 4.60. The van der Waals surface area contributed by atoms with E-state index in [-0.39, 0.29) is 17.2 Å². The molecule has 17 heavy (non-hydrogen) atoms. The molecule has 0 amide bonds. The number of hydrogen-bond acceptors (Lipinski definition) is 3. The molecule has 0 N–H and O–H groups in total. The van der Waals surface area contributed by atoms with Crippen molar-refractivity contribution in [2.45, 2.75) is 70.5 Å². The van der Waals surface area contributed by atoms with Gasteiger partial charge in [0, 0.05) is 6.42 Å². The number of fused-ring (bicyclic) bond motifs is 1. The molecule has 1 heterocycles. The molecule has 2 aliphatic rings. The fraction of sp³-hybridized carbons (Fsp3) is 0.929. The highest BCUT2D eigenvalue weighted by molar-refractivity contribution is 5.69. The van der Waals surface area contributed by atoms with E-state index in [9.17, 15) is 4.79 Å². The summed E-state index contributed by atoms with van der Waals surface area (Å²) < 4.78 is 11.1. The first-order valence-corrected chi connectivity index (χ1v) is 6.90. The van der Waals surface area contributed by atoms with Crippen molar-refractivity contribution >= 4 is 5.97 Å². The Labute approximate surface area is 104 Å². The fourth-order valence-electron chi connectivity index (χ4n) is 3.49. The molecular weight excluding hydrogens is 216 g/mol. The summed E-state index contributed by atoms with van der Waals surface area (Å²) in [6.07, 6.45) is 6.22. The second-order valence-electron chi connectivity index (χ2n) is 5.67. The summed E-state index contributed by atoms with van der Waals surface area (Å²) in [4.78, 5) is 11.5. The number of esters is 1. The first kappa shape index (κ1) is 12.9. The van der Waals surface area contributed by atoms with Crippen molar-refractivity contribution in [2.24, 2.45) is 5.92 Å². The zero-order valence-corrected chi connectivity index (χ0v) is 11.3. The van der Waals surface area contributed by atoms with E-state index in [2.05, 4.69) is 13.8 Å². The van der Waals surface area contributed by atoms with Crippen molar-refractivity contribution in [3.63, 3.8) is 0 Å². The van der Waals surface area contributed by atoms with E-state index < -0.39 is 0 Å². The zero-order valence-electron chi connectivity index (χ0n) is 11.3. The van der Waals surface area contributed by atoms with Crippen LogP contribution in [0, 0.1) is 5.92 Å². The molecule has 3 atom stereocenters. The van der Waals surface area contributed by atoms with Crippen LogP contribution in [-0.2, 0) is 14.3 Å². The van der Waals surface area contributed by atoms with Crippen molar-refractivity contribution in [3.8, 4) is 0 Å². The standard InChI is InChI=1S/C14H24O3/c1-4-16-12(15)8-10-14-11(2)7-5-6-9-13(14,3)17-14/h11H,4-10H2,1-3H3/t11-,13+,14-/m1/s1. The van der Waals surface area contributed by atoms with E-state index >= 15 is 0 Å². The van der Waals surface area contributed by atoms with Gasteiger partial charge in [0.15, 0.2) is 0 Å². The van der Waals surface area contributed by atoms with Crippen LogP contribution in [0.5, 0.6) is 0 Å². The Hall–Kier alpha value is -0.570. The molecule has 0 bridgehead atoms. The van der Waals surface area contributed by atoms with E-state index in [1.807, 2.05) is 6.92 Å². The minimum Gasteiger partial charge on any atom is -0.466 e. The van der Waals surface area contributed by atoms with Crippen LogP contribution >= 0.6 is 0 Å². The maximum absolute atomic E-state index is 11.5. The fourth-order valence-corrected chi connectivity index (χ4v) is 3.49. The van der Waals surface area contributed by atoms with Gasteiger partial charge in [-0.1, -0.05) is 19.8 Å². The van der Waals surface area contributed by atoms with E-state index in [4.69, 9.17) is 9.47 Å². The molecule has 1 aliphatic carbocycles. The smallest absolute Gasteiger partial charge is 0.305 e. The van der Waals surface area contributed by atoms with Gasteiger partial charge in [-0.2, -0.15) is 0 Å². The summed E-state index contributed by atoms with van der Waals surface area (Å²) in [6, 6.07) is 0. The van der Waals surface area contributed by atoms with Crippen LogP contribution < -0.4 is 0 Å². The van der Waals surface area contributed by atoms with Gasteiger partial charge in [0.25, 0.3) is 0 Å². The van der Waals surface area contributed by atoms with Gasteiger partial charge in [-0.15, -0.1) is 0 Å². The molecule has 0 aromatic heterocycles. The van der Waals surface area contributed by atoms with Crippen molar-refractivity contribution in [2.75, 3.05) is 6.61 Å². The lowest BCUT2D eigenvalue weighted by Gasteiger charge is -2.21. The summed E-state index contributed by atoms with van der Waals surface area (Å²) >= 11 is 0. The minimum absolute atomic E-state index is 0.0232. The number of hydrogen-bond donors (Lipinski definition) is 0. The number of rotatable bonds is 4. The maximum Gasteiger partial charge on any atom is 0.305 e. The van der Waals surface area contributed by atoms with Gasteiger partial charge in [-0.05, 0) is 39.0 Å². The van der Waals surface area contributed by atoms with Crippen LogP contribution in [0.4, 0.5) is 0 Å². The summed E-state index contributed by atoms with van der Waals surface area (Å²) in [5.41, 5.74) is -0.0222. The number of carbonyl (C=O) groups is 1. The first-order chi connectivity index (χ1) is 8.04. The van der Waals surface area contributed by atoms with Gasteiger partial charge < -0.3 is 9.47 Å². The average molecular weight is 240 g/mol. The van der Waals surface area contributed by atoms with E-state index in [1.165, 1.54) is 19.3 Å². The molecule has 98 valence electrons. The topological polar surface area (TPSA) is 38.8 Å². The Morgan fingerprint density at radius 3 is 2.94 bits per heavy atom. The third kappa shape index (κ3) is 2.22. The third-order valence-electron chi connectivity index (χ3n) is 4.60. The van der Waals surface area contributed by atoms with Gasteiger partial charge >= 0.3 is 5.97 Å². The molecule has 0 aromatic carbocycles. The lowest BCUT2D eigenvalue weighted by Crippen LogP contribution is -2.30. The van der Waals surface area contributed by atoms with Crippen LogP contribution in [0.15, 0.2) is 0 Å². The predicted molar refractivity (Wildman–Crippen MR) is 65.7 cm³/mol. The van der Waals surface area contributed by atoms with Crippen molar-refractivity contribution in [3.05, 3.63) is 0 Å². The van der Waals surface area contributed by atoms with Gasteiger partial charge in [0.2, 0.25) is 0 Å².